The summed E-state index contributed by atoms with van der Waals surface area (Å²) in [5.74, 6) is 0.525. The van der Waals surface area contributed by atoms with Gasteiger partial charge in [-0.25, -0.2) is 0 Å². The van der Waals surface area contributed by atoms with Gasteiger partial charge in [0, 0.05) is 19.3 Å². The van der Waals surface area contributed by atoms with Gasteiger partial charge in [-0.2, -0.15) is 0 Å². The number of anilines is 1. The van der Waals surface area contributed by atoms with Crippen molar-refractivity contribution in [3.63, 3.8) is 0 Å². The fourth-order valence-electron chi connectivity index (χ4n) is 2.58. The maximum atomic E-state index is 12.4. The first-order chi connectivity index (χ1) is 12.6. The molecule has 0 saturated heterocycles. The van der Waals surface area contributed by atoms with E-state index in [0.29, 0.717) is 30.9 Å². The molecular weight excluding hydrogens is 330 g/mol. The second-order valence-corrected chi connectivity index (χ2v) is 5.74. The molecule has 0 bridgehead atoms. The van der Waals surface area contributed by atoms with E-state index in [4.69, 9.17) is 4.74 Å². The summed E-state index contributed by atoms with van der Waals surface area (Å²) >= 11 is 0. The molecule has 0 spiro atoms. The SMILES string of the molecule is CCOc1ccc(CC(=O)Nc2cncc(C(=O)N(CC)CC)c2)cc1. The second kappa shape index (κ2) is 9.56. The highest BCUT2D eigenvalue weighted by Gasteiger charge is 2.14. The fourth-order valence-corrected chi connectivity index (χ4v) is 2.58. The molecule has 26 heavy (non-hydrogen) atoms. The van der Waals surface area contributed by atoms with Gasteiger partial charge in [0.05, 0.1) is 30.5 Å². The van der Waals surface area contributed by atoms with Gasteiger partial charge < -0.3 is 15.0 Å². The summed E-state index contributed by atoms with van der Waals surface area (Å²) in [6.07, 6.45) is 3.29. The summed E-state index contributed by atoms with van der Waals surface area (Å²) in [7, 11) is 0. The van der Waals surface area contributed by atoms with Crippen LogP contribution in [0, 0.1) is 0 Å². The molecule has 0 radical (unpaired) electrons. The normalized spacial score (nSPS) is 10.3. The van der Waals surface area contributed by atoms with Gasteiger partial charge in [0.25, 0.3) is 5.91 Å². The largest absolute Gasteiger partial charge is 0.494 e. The molecule has 6 heteroatoms. The molecule has 1 N–H and O–H groups in total. The number of aromatic nitrogens is 1. The topological polar surface area (TPSA) is 71.5 Å². The van der Waals surface area contributed by atoms with Gasteiger partial charge in [-0.15, -0.1) is 0 Å². The van der Waals surface area contributed by atoms with E-state index in [1.165, 1.54) is 12.4 Å². The first-order valence-corrected chi connectivity index (χ1v) is 8.83. The highest BCUT2D eigenvalue weighted by atomic mass is 16.5. The third kappa shape index (κ3) is 5.31. The number of hydrogen-bond donors (Lipinski definition) is 1. The average molecular weight is 355 g/mol. The van der Waals surface area contributed by atoms with Crippen molar-refractivity contribution in [3.8, 4) is 5.75 Å². The third-order valence-electron chi connectivity index (χ3n) is 3.92. The summed E-state index contributed by atoms with van der Waals surface area (Å²) < 4.78 is 5.39. The number of benzene rings is 1. The fraction of sp³-hybridized carbons (Fsp3) is 0.350. The van der Waals surface area contributed by atoms with E-state index in [2.05, 4.69) is 10.3 Å². The summed E-state index contributed by atoms with van der Waals surface area (Å²) in [5.41, 5.74) is 1.86. The predicted octanol–water partition coefficient (Wildman–Crippen LogP) is 3.14. The Hall–Kier alpha value is -2.89. The van der Waals surface area contributed by atoms with Crippen LogP contribution >= 0.6 is 0 Å². The van der Waals surface area contributed by atoms with Crippen LogP contribution in [0.4, 0.5) is 5.69 Å². The summed E-state index contributed by atoms with van der Waals surface area (Å²) in [6.45, 7) is 7.64. The van der Waals surface area contributed by atoms with E-state index in [9.17, 15) is 9.59 Å². The zero-order chi connectivity index (χ0) is 18.9. The highest BCUT2D eigenvalue weighted by Crippen LogP contribution is 2.14. The molecule has 0 fully saturated rings. The molecule has 2 rings (SSSR count). The second-order valence-electron chi connectivity index (χ2n) is 5.74. The van der Waals surface area contributed by atoms with Gasteiger partial charge in [0.1, 0.15) is 5.75 Å². The van der Waals surface area contributed by atoms with Crippen LogP contribution in [0.5, 0.6) is 5.75 Å². The third-order valence-corrected chi connectivity index (χ3v) is 3.92. The standard InChI is InChI=1S/C20H25N3O3/c1-4-23(5-2)20(25)16-12-17(14-21-13-16)22-19(24)11-15-7-9-18(10-8-15)26-6-3/h7-10,12-14H,4-6,11H2,1-3H3,(H,22,24). The quantitative estimate of drug-likeness (QED) is 0.790. The Morgan fingerprint density at radius 1 is 1.08 bits per heavy atom. The number of nitrogens with one attached hydrogen (secondary N) is 1. The molecule has 138 valence electrons. The number of carbonyl (C=O) groups excluding carboxylic acids is 2. The van der Waals surface area contributed by atoms with E-state index in [-0.39, 0.29) is 18.2 Å². The van der Waals surface area contributed by atoms with E-state index < -0.39 is 0 Å². The van der Waals surface area contributed by atoms with Gasteiger partial charge in [0.15, 0.2) is 0 Å². The molecule has 2 amide bonds. The van der Waals surface area contributed by atoms with Crippen molar-refractivity contribution in [1.82, 2.24) is 9.88 Å². The molecule has 1 aromatic heterocycles. The minimum atomic E-state index is -0.164. The van der Waals surface area contributed by atoms with Crippen LogP contribution in [-0.4, -0.2) is 41.4 Å². The molecule has 0 aliphatic heterocycles. The number of amides is 2. The van der Waals surface area contributed by atoms with Gasteiger partial charge in [-0.05, 0) is 44.5 Å². The smallest absolute Gasteiger partial charge is 0.255 e. The van der Waals surface area contributed by atoms with E-state index in [0.717, 1.165) is 11.3 Å². The van der Waals surface area contributed by atoms with Gasteiger partial charge in [0.2, 0.25) is 5.91 Å². The van der Waals surface area contributed by atoms with Crippen molar-refractivity contribution >= 4 is 17.5 Å². The zero-order valence-electron chi connectivity index (χ0n) is 15.5. The van der Waals surface area contributed by atoms with Crippen LogP contribution in [-0.2, 0) is 11.2 Å². The summed E-state index contributed by atoms with van der Waals surface area (Å²) in [6, 6.07) is 9.07. The predicted molar refractivity (Wildman–Crippen MR) is 101 cm³/mol. The van der Waals surface area contributed by atoms with Crippen LogP contribution in [0.15, 0.2) is 42.7 Å². The van der Waals surface area contributed by atoms with E-state index in [1.807, 2.05) is 45.0 Å². The number of carbonyl (C=O) groups is 2. The maximum absolute atomic E-state index is 12.4. The van der Waals surface area contributed by atoms with E-state index in [1.54, 1.807) is 11.0 Å². The molecule has 0 aliphatic carbocycles. The average Bonchev–Trinajstić information content (AvgIpc) is 2.64. The lowest BCUT2D eigenvalue weighted by molar-refractivity contribution is -0.115. The van der Waals surface area contributed by atoms with Crippen molar-refractivity contribution in [3.05, 3.63) is 53.9 Å². The number of nitrogens with zero attached hydrogens (tertiary/aromatic N) is 2. The number of ether oxygens (including phenoxy) is 1. The van der Waals surface area contributed by atoms with Crippen LogP contribution in [0.2, 0.25) is 0 Å². The summed E-state index contributed by atoms with van der Waals surface area (Å²) in [5, 5.41) is 2.80. The molecule has 2 aromatic rings. The Kier molecular flexibility index (Phi) is 7.14. The van der Waals surface area contributed by atoms with Crippen molar-refractivity contribution in [2.45, 2.75) is 27.2 Å². The Labute approximate surface area is 154 Å². The molecule has 0 saturated carbocycles. The van der Waals surface area contributed by atoms with Crippen molar-refractivity contribution in [2.24, 2.45) is 0 Å². The van der Waals surface area contributed by atoms with Gasteiger partial charge >= 0.3 is 0 Å². The van der Waals surface area contributed by atoms with Crippen LogP contribution in [0.1, 0.15) is 36.7 Å². The Morgan fingerprint density at radius 3 is 2.38 bits per heavy atom. The first kappa shape index (κ1) is 19.4. The van der Waals surface area contributed by atoms with E-state index >= 15 is 0 Å². The molecule has 1 aromatic carbocycles. The molecular formula is C20H25N3O3. The monoisotopic (exact) mass is 355 g/mol. The maximum Gasteiger partial charge on any atom is 0.255 e. The zero-order valence-corrected chi connectivity index (χ0v) is 15.5. The lowest BCUT2D eigenvalue weighted by atomic mass is 10.1. The minimum absolute atomic E-state index is 0.0925. The Morgan fingerprint density at radius 2 is 1.77 bits per heavy atom. The molecule has 0 atom stereocenters. The van der Waals surface area contributed by atoms with Crippen LogP contribution < -0.4 is 10.1 Å². The Balaban J connectivity index is 2.00. The number of hydrogen-bond acceptors (Lipinski definition) is 4. The lowest BCUT2D eigenvalue weighted by Crippen LogP contribution is -2.30. The highest BCUT2D eigenvalue weighted by molar-refractivity contribution is 5.97. The van der Waals surface area contributed by atoms with Gasteiger partial charge in [-0.3, -0.25) is 14.6 Å². The molecule has 0 aliphatic rings. The van der Waals surface area contributed by atoms with Crippen molar-refractivity contribution in [1.29, 1.82) is 0 Å². The molecule has 1 heterocycles. The number of pyridine rings is 1. The minimum Gasteiger partial charge on any atom is -0.494 e. The molecule has 6 nitrogen and oxygen atoms in total. The first-order valence-electron chi connectivity index (χ1n) is 8.83. The lowest BCUT2D eigenvalue weighted by Gasteiger charge is -2.18. The van der Waals surface area contributed by atoms with Gasteiger partial charge in [-0.1, -0.05) is 12.1 Å². The molecule has 0 unspecified atom stereocenters. The van der Waals surface area contributed by atoms with Crippen molar-refractivity contribution in [2.75, 3.05) is 25.0 Å². The van der Waals surface area contributed by atoms with Crippen LogP contribution in [0.25, 0.3) is 0 Å². The summed E-state index contributed by atoms with van der Waals surface area (Å²) in [4.78, 5) is 30.4. The number of rotatable bonds is 8. The Bertz CT molecular complexity index is 740. The van der Waals surface area contributed by atoms with Crippen molar-refractivity contribution < 1.29 is 14.3 Å². The van der Waals surface area contributed by atoms with Crippen LogP contribution in [0.3, 0.4) is 0 Å².